The minimum Gasteiger partial charge on any atom is -0.497 e. The lowest BCUT2D eigenvalue weighted by molar-refractivity contribution is -0.118. The molecule has 1 atom stereocenters. The van der Waals surface area contributed by atoms with Gasteiger partial charge in [0.05, 0.1) is 7.11 Å². The molecule has 2 aromatic rings. The molecule has 30 heavy (non-hydrogen) atoms. The molecule has 0 radical (unpaired) electrons. The molecule has 0 saturated carbocycles. The van der Waals surface area contributed by atoms with Crippen molar-refractivity contribution in [2.45, 2.75) is 39.2 Å². The first kappa shape index (κ1) is 21.7. The van der Waals surface area contributed by atoms with Crippen LogP contribution in [0.1, 0.15) is 43.5 Å². The average Bonchev–Trinajstić information content (AvgIpc) is 2.78. The number of carbonyl (C=O) groups is 2. The Labute approximate surface area is 178 Å². The fraction of sp³-hybridized carbons (Fsp3) is 0.417. The Morgan fingerprint density at radius 3 is 2.13 bits per heavy atom. The first-order chi connectivity index (χ1) is 14.5. The van der Waals surface area contributed by atoms with Gasteiger partial charge in [-0.1, -0.05) is 13.8 Å². The van der Waals surface area contributed by atoms with E-state index in [9.17, 15) is 9.59 Å². The Balaban J connectivity index is 1.62. The zero-order chi connectivity index (χ0) is 21.5. The molecule has 1 aliphatic heterocycles. The molecule has 0 bridgehead atoms. The van der Waals surface area contributed by atoms with E-state index in [-0.39, 0.29) is 17.7 Å². The Morgan fingerprint density at radius 2 is 1.57 bits per heavy atom. The maximum absolute atomic E-state index is 12.9. The molecule has 1 saturated heterocycles. The number of anilines is 2. The van der Waals surface area contributed by atoms with Gasteiger partial charge >= 0.3 is 0 Å². The lowest BCUT2D eigenvalue weighted by Crippen LogP contribution is -2.47. The highest BCUT2D eigenvalue weighted by Crippen LogP contribution is 2.22. The number of hydrogen-bond donors (Lipinski definition) is 2. The van der Waals surface area contributed by atoms with E-state index in [1.165, 1.54) is 24.9 Å². The van der Waals surface area contributed by atoms with Gasteiger partial charge in [-0.2, -0.15) is 0 Å². The van der Waals surface area contributed by atoms with Crippen LogP contribution in [0.2, 0.25) is 0 Å². The molecule has 2 amide bonds. The van der Waals surface area contributed by atoms with Gasteiger partial charge in [0, 0.05) is 30.0 Å². The number of nitrogens with zero attached hydrogens (tertiary/aromatic N) is 1. The molecule has 0 aliphatic carbocycles. The van der Waals surface area contributed by atoms with Crippen LogP contribution in [0, 0.1) is 5.92 Å². The molecule has 1 fully saturated rings. The smallest absolute Gasteiger partial charge is 0.251 e. The summed E-state index contributed by atoms with van der Waals surface area (Å²) in [5, 5.41) is 5.79. The Kier molecular flexibility index (Phi) is 7.33. The molecule has 6 nitrogen and oxygen atoms in total. The summed E-state index contributed by atoms with van der Waals surface area (Å²) >= 11 is 0. The van der Waals surface area contributed by atoms with Crippen molar-refractivity contribution >= 4 is 23.2 Å². The summed E-state index contributed by atoms with van der Waals surface area (Å²) in [7, 11) is 1.58. The minimum atomic E-state index is -0.638. The Hall–Kier alpha value is -3.02. The number of nitrogens with one attached hydrogen (secondary N) is 2. The summed E-state index contributed by atoms with van der Waals surface area (Å²) in [6.07, 6.45) is 3.74. The SMILES string of the molecule is COc1ccc(C(=O)N[C@H](C(=O)Nc2ccc(N3CCCCC3)cc2)C(C)C)cc1. The average molecular weight is 410 g/mol. The van der Waals surface area contributed by atoms with E-state index in [1.807, 2.05) is 38.1 Å². The summed E-state index contributed by atoms with van der Waals surface area (Å²) in [5.41, 5.74) is 2.39. The van der Waals surface area contributed by atoms with Gasteiger partial charge in [0.15, 0.2) is 0 Å². The number of ether oxygens (including phenoxy) is 1. The maximum Gasteiger partial charge on any atom is 0.251 e. The highest BCUT2D eigenvalue weighted by Gasteiger charge is 2.25. The summed E-state index contributed by atoms with van der Waals surface area (Å²) in [5.74, 6) is 0.113. The molecule has 1 aliphatic rings. The summed E-state index contributed by atoms with van der Waals surface area (Å²) in [4.78, 5) is 27.8. The van der Waals surface area contributed by atoms with E-state index in [0.717, 1.165) is 18.8 Å². The second kappa shape index (κ2) is 10.1. The number of methoxy groups -OCH3 is 1. The normalized spacial score (nSPS) is 14.9. The van der Waals surface area contributed by atoms with E-state index in [2.05, 4.69) is 15.5 Å². The summed E-state index contributed by atoms with van der Waals surface area (Å²) < 4.78 is 5.12. The van der Waals surface area contributed by atoms with Gasteiger partial charge in [0.2, 0.25) is 5.91 Å². The van der Waals surface area contributed by atoms with Gasteiger partial charge < -0.3 is 20.3 Å². The van der Waals surface area contributed by atoms with Crippen LogP contribution in [0.15, 0.2) is 48.5 Å². The van der Waals surface area contributed by atoms with Gasteiger partial charge in [0.25, 0.3) is 5.91 Å². The van der Waals surface area contributed by atoms with Crippen LogP contribution in [0.25, 0.3) is 0 Å². The molecule has 0 unspecified atom stereocenters. The van der Waals surface area contributed by atoms with Gasteiger partial charge in [-0.05, 0) is 73.7 Å². The summed E-state index contributed by atoms with van der Waals surface area (Å²) in [6.45, 7) is 5.99. The molecule has 2 N–H and O–H groups in total. The molecule has 1 heterocycles. The fourth-order valence-corrected chi connectivity index (χ4v) is 3.63. The van der Waals surface area contributed by atoms with Gasteiger partial charge in [0.1, 0.15) is 11.8 Å². The molecule has 2 aromatic carbocycles. The van der Waals surface area contributed by atoms with Crippen molar-refractivity contribution in [1.82, 2.24) is 5.32 Å². The van der Waals surface area contributed by atoms with Crippen molar-refractivity contribution in [2.75, 3.05) is 30.4 Å². The van der Waals surface area contributed by atoms with Crippen LogP contribution in [-0.2, 0) is 4.79 Å². The topological polar surface area (TPSA) is 70.7 Å². The minimum absolute atomic E-state index is 0.0557. The highest BCUT2D eigenvalue weighted by molar-refractivity contribution is 6.01. The van der Waals surface area contributed by atoms with E-state index in [1.54, 1.807) is 31.4 Å². The monoisotopic (exact) mass is 409 g/mol. The van der Waals surface area contributed by atoms with Crippen LogP contribution in [-0.4, -0.2) is 38.1 Å². The number of carbonyl (C=O) groups excluding carboxylic acids is 2. The first-order valence-corrected chi connectivity index (χ1v) is 10.6. The van der Waals surface area contributed by atoms with E-state index < -0.39 is 6.04 Å². The first-order valence-electron chi connectivity index (χ1n) is 10.6. The molecular weight excluding hydrogens is 378 g/mol. The van der Waals surface area contributed by atoms with Crippen molar-refractivity contribution in [3.05, 3.63) is 54.1 Å². The molecule has 6 heteroatoms. The molecule has 0 aromatic heterocycles. The van der Waals surface area contributed by atoms with Crippen LogP contribution < -0.4 is 20.3 Å². The number of amides is 2. The van der Waals surface area contributed by atoms with Crippen LogP contribution >= 0.6 is 0 Å². The second-order valence-electron chi connectivity index (χ2n) is 8.01. The van der Waals surface area contributed by atoms with Crippen LogP contribution in [0.3, 0.4) is 0 Å². The highest BCUT2D eigenvalue weighted by atomic mass is 16.5. The van der Waals surface area contributed by atoms with Crippen molar-refractivity contribution < 1.29 is 14.3 Å². The Bertz CT molecular complexity index is 841. The van der Waals surface area contributed by atoms with Crippen LogP contribution in [0.5, 0.6) is 5.75 Å². The summed E-state index contributed by atoms with van der Waals surface area (Å²) in [6, 6.07) is 14.1. The lowest BCUT2D eigenvalue weighted by atomic mass is 10.0. The fourth-order valence-electron chi connectivity index (χ4n) is 3.63. The number of hydrogen-bond acceptors (Lipinski definition) is 4. The quantitative estimate of drug-likeness (QED) is 0.723. The predicted molar refractivity (Wildman–Crippen MR) is 120 cm³/mol. The van der Waals surface area contributed by atoms with E-state index in [4.69, 9.17) is 4.74 Å². The van der Waals surface area contributed by atoms with Gasteiger partial charge in [-0.3, -0.25) is 9.59 Å². The zero-order valence-electron chi connectivity index (χ0n) is 18.0. The largest absolute Gasteiger partial charge is 0.497 e. The van der Waals surface area contributed by atoms with Gasteiger partial charge in [-0.25, -0.2) is 0 Å². The molecule has 3 rings (SSSR count). The standard InChI is InChI=1S/C24H31N3O3/c1-17(2)22(26-23(28)18-7-13-21(30-3)14-8-18)24(29)25-19-9-11-20(12-10-19)27-15-5-4-6-16-27/h7-14,17,22H,4-6,15-16H2,1-3H3,(H,25,29)(H,26,28)/t22-/m0/s1. The zero-order valence-corrected chi connectivity index (χ0v) is 18.0. The van der Waals surface area contributed by atoms with Crippen molar-refractivity contribution in [3.63, 3.8) is 0 Å². The van der Waals surface area contributed by atoms with Crippen molar-refractivity contribution in [1.29, 1.82) is 0 Å². The third kappa shape index (κ3) is 5.53. The number of rotatable bonds is 7. The molecular formula is C24H31N3O3. The van der Waals surface area contributed by atoms with Crippen molar-refractivity contribution in [2.24, 2.45) is 5.92 Å². The maximum atomic E-state index is 12.9. The molecule has 0 spiro atoms. The second-order valence-corrected chi connectivity index (χ2v) is 8.01. The third-order valence-corrected chi connectivity index (χ3v) is 5.44. The molecule has 160 valence electrons. The van der Waals surface area contributed by atoms with Crippen molar-refractivity contribution in [3.8, 4) is 5.75 Å². The van der Waals surface area contributed by atoms with Gasteiger partial charge in [-0.15, -0.1) is 0 Å². The Morgan fingerprint density at radius 1 is 0.933 bits per heavy atom. The number of benzene rings is 2. The van der Waals surface area contributed by atoms with E-state index >= 15 is 0 Å². The lowest BCUT2D eigenvalue weighted by Gasteiger charge is -2.29. The van der Waals surface area contributed by atoms with Crippen LogP contribution in [0.4, 0.5) is 11.4 Å². The van der Waals surface area contributed by atoms with E-state index in [0.29, 0.717) is 11.3 Å². The number of piperidine rings is 1. The predicted octanol–water partition coefficient (Wildman–Crippen LogP) is 4.08. The third-order valence-electron chi connectivity index (χ3n) is 5.44.